The molecular weight excluding hydrogens is 352 g/mol. The van der Waals surface area contributed by atoms with Crippen molar-refractivity contribution in [3.05, 3.63) is 71.8 Å². The van der Waals surface area contributed by atoms with Crippen molar-refractivity contribution >= 4 is 27.7 Å². The number of nitrogens with zero attached hydrogens (tertiary/aromatic N) is 1. The Kier molecular flexibility index (Phi) is 6.94. The van der Waals surface area contributed by atoms with E-state index in [2.05, 4.69) is 4.72 Å². The highest BCUT2D eigenvalue weighted by atomic mass is 32.2. The van der Waals surface area contributed by atoms with E-state index < -0.39 is 10.0 Å². The molecule has 2 rings (SSSR count). The highest BCUT2D eigenvalue weighted by molar-refractivity contribution is 7.92. The molecule has 0 unspecified atom stereocenters. The van der Waals surface area contributed by atoms with Gasteiger partial charge in [-0.05, 0) is 29.3 Å². The number of rotatable bonds is 8. The quantitative estimate of drug-likeness (QED) is 0.693. The van der Waals surface area contributed by atoms with Crippen molar-refractivity contribution in [2.24, 2.45) is 0 Å². The molecule has 0 spiro atoms. The average molecular weight is 374 g/mol. The number of hydrogen-bond donors (Lipinski definition) is 2. The summed E-state index contributed by atoms with van der Waals surface area (Å²) in [6.07, 6.45) is 4.18. The average Bonchev–Trinajstić information content (AvgIpc) is 2.60. The van der Waals surface area contributed by atoms with Gasteiger partial charge in [0.25, 0.3) is 0 Å². The van der Waals surface area contributed by atoms with Gasteiger partial charge in [-0.1, -0.05) is 42.5 Å². The summed E-state index contributed by atoms with van der Waals surface area (Å²) in [5.74, 6) is -0.207. The van der Waals surface area contributed by atoms with Gasteiger partial charge in [0.1, 0.15) is 0 Å². The van der Waals surface area contributed by atoms with Crippen LogP contribution in [0.25, 0.3) is 6.08 Å². The Balaban J connectivity index is 2.03. The summed E-state index contributed by atoms with van der Waals surface area (Å²) in [5, 5.41) is 9.20. The molecule has 2 N–H and O–H groups in total. The fourth-order valence-electron chi connectivity index (χ4n) is 2.34. The van der Waals surface area contributed by atoms with Crippen molar-refractivity contribution in [1.29, 1.82) is 0 Å². The Bertz CT molecular complexity index is 847. The molecule has 7 heteroatoms. The Morgan fingerprint density at radius 2 is 1.77 bits per heavy atom. The summed E-state index contributed by atoms with van der Waals surface area (Å²) in [6.45, 7) is 0.551. The second kappa shape index (κ2) is 9.17. The second-order valence-corrected chi connectivity index (χ2v) is 7.55. The second-order valence-electron chi connectivity index (χ2n) is 5.80. The summed E-state index contributed by atoms with van der Waals surface area (Å²) in [4.78, 5) is 14.0. The molecule has 2 aromatic rings. The van der Waals surface area contributed by atoms with Crippen molar-refractivity contribution in [3.8, 4) is 0 Å². The molecule has 0 aliphatic rings. The van der Waals surface area contributed by atoms with E-state index in [9.17, 15) is 18.3 Å². The number of hydrogen-bond acceptors (Lipinski definition) is 4. The van der Waals surface area contributed by atoms with Gasteiger partial charge in [-0.2, -0.15) is 0 Å². The van der Waals surface area contributed by atoms with Crippen molar-refractivity contribution in [1.82, 2.24) is 4.90 Å². The number of aliphatic hydroxyl groups is 1. The van der Waals surface area contributed by atoms with E-state index in [-0.39, 0.29) is 19.1 Å². The molecule has 0 heterocycles. The molecule has 0 fully saturated rings. The van der Waals surface area contributed by atoms with Crippen molar-refractivity contribution < 1.29 is 18.3 Å². The monoisotopic (exact) mass is 374 g/mol. The van der Waals surface area contributed by atoms with Gasteiger partial charge in [-0.25, -0.2) is 8.42 Å². The predicted molar refractivity (Wildman–Crippen MR) is 103 cm³/mol. The van der Waals surface area contributed by atoms with Gasteiger partial charge in [-0.15, -0.1) is 0 Å². The van der Waals surface area contributed by atoms with Crippen molar-refractivity contribution in [2.75, 3.05) is 24.1 Å². The number of nitrogens with one attached hydrogen (secondary N) is 1. The first kappa shape index (κ1) is 19.7. The predicted octanol–water partition coefficient (Wildman–Crippen LogP) is 2.09. The molecule has 0 atom stereocenters. The van der Waals surface area contributed by atoms with Crippen LogP contribution in [0, 0.1) is 0 Å². The van der Waals surface area contributed by atoms with Gasteiger partial charge in [0.15, 0.2) is 0 Å². The molecule has 0 saturated heterocycles. The van der Waals surface area contributed by atoms with Gasteiger partial charge >= 0.3 is 0 Å². The molecule has 0 bridgehead atoms. The van der Waals surface area contributed by atoms with Crippen LogP contribution in [0.4, 0.5) is 5.69 Å². The summed E-state index contributed by atoms with van der Waals surface area (Å²) in [5.41, 5.74) is 2.21. The van der Waals surface area contributed by atoms with Crippen LogP contribution in [-0.4, -0.2) is 43.7 Å². The van der Waals surface area contributed by atoms with Gasteiger partial charge in [0.05, 0.1) is 12.9 Å². The maximum atomic E-state index is 12.4. The van der Waals surface area contributed by atoms with Gasteiger partial charge in [0, 0.05) is 24.9 Å². The number of aliphatic hydroxyl groups excluding tert-OH is 1. The molecule has 0 aliphatic carbocycles. The van der Waals surface area contributed by atoms with Crippen LogP contribution in [0.5, 0.6) is 0 Å². The molecule has 2 aromatic carbocycles. The Morgan fingerprint density at radius 1 is 1.12 bits per heavy atom. The minimum Gasteiger partial charge on any atom is -0.395 e. The van der Waals surface area contributed by atoms with Crippen LogP contribution in [0.2, 0.25) is 0 Å². The zero-order valence-electron chi connectivity index (χ0n) is 14.5. The molecule has 0 aromatic heterocycles. The number of sulfonamides is 1. The van der Waals surface area contributed by atoms with Crippen LogP contribution in [-0.2, 0) is 21.4 Å². The third kappa shape index (κ3) is 6.70. The number of benzene rings is 2. The molecule has 0 saturated carbocycles. The first-order valence-corrected chi connectivity index (χ1v) is 9.96. The molecular formula is C19H22N2O4S. The van der Waals surface area contributed by atoms with Crippen molar-refractivity contribution in [2.45, 2.75) is 6.54 Å². The van der Waals surface area contributed by atoms with Crippen LogP contribution in [0.15, 0.2) is 60.7 Å². The number of amides is 1. The lowest BCUT2D eigenvalue weighted by Gasteiger charge is -2.20. The van der Waals surface area contributed by atoms with E-state index in [1.165, 1.54) is 6.08 Å². The van der Waals surface area contributed by atoms with E-state index in [1.54, 1.807) is 35.2 Å². The highest BCUT2D eigenvalue weighted by Crippen LogP contribution is 2.12. The van der Waals surface area contributed by atoms with Crippen LogP contribution in [0.3, 0.4) is 0 Å². The van der Waals surface area contributed by atoms with E-state index in [0.29, 0.717) is 12.2 Å². The van der Waals surface area contributed by atoms with E-state index in [4.69, 9.17) is 0 Å². The smallest absolute Gasteiger partial charge is 0.246 e. The minimum absolute atomic E-state index is 0.113. The van der Waals surface area contributed by atoms with Crippen LogP contribution < -0.4 is 4.72 Å². The van der Waals surface area contributed by atoms with E-state index >= 15 is 0 Å². The highest BCUT2D eigenvalue weighted by Gasteiger charge is 2.10. The largest absolute Gasteiger partial charge is 0.395 e. The molecule has 0 aliphatic heterocycles. The maximum Gasteiger partial charge on any atom is 0.246 e. The number of carbonyl (C=O) groups excluding carboxylic acids is 1. The first-order valence-electron chi connectivity index (χ1n) is 8.07. The van der Waals surface area contributed by atoms with E-state index in [1.807, 2.05) is 30.3 Å². The summed E-state index contributed by atoms with van der Waals surface area (Å²) in [6, 6.07) is 16.2. The van der Waals surface area contributed by atoms with Gasteiger partial charge in [0.2, 0.25) is 15.9 Å². The number of carbonyl (C=O) groups is 1. The lowest BCUT2D eigenvalue weighted by Crippen LogP contribution is -2.31. The fraction of sp³-hybridized carbons (Fsp3) is 0.211. The van der Waals surface area contributed by atoms with E-state index in [0.717, 1.165) is 17.4 Å². The summed E-state index contributed by atoms with van der Waals surface area (Å²) in [7, 11) is -3.32. The maximum absolute atomic E-state index is 12.4. The summed E-state index contributed by atoms with van der Waals surface area (Å²) < 4.78 is 24.8. The zero-order chi connectivity index (χ0) is 19.0. The third-order valence-electron chi connectivity index (χ3n) is 3.53. The minimum atomic E-state index is -3.32. The Morgan fingerprint density at radius 3 is 2.35 bits per heavy atom. The van der Waals surface area contributed by atoms with Crippen molar-refractivity contribution in [3.63, 3.8) is 0 Å². The first-order chi connectivity index (χ1) is 12.4. The Labute approximate surface area is 153 Å². The standard InChI is InChI=1S/C19H22N2O4S/c1-26(24,25)20-18-10-7-16(8-11-18)9-12-19(23)21(13-14-22)15-17-5-3-2-4-6-17/h2-12,20,22H,13-15H2,1H3/b12-9+. The molecule has 138 valence electrons. The zero-order valence-corrected chi connectivity index (χ0v) is 15.3. The number of anilines is 1. The summed E-state index contributed by atoms with van der Waals surface area (Å²) >= 11 is 0. The molecule has 6 nitrogen and oxygen atoms in total. The van der Waals surface area contributed by atoms with Gasteiger partial charge < -0.3 is 10.0 Å². The fourth-order valence-corrected chi connectivity index (χ4v) is 2.91. The molecule has 0 radical (unpaired) electrons. The molecule has 1 amide bonds. The third-order valence-corrected chi connectivity index (χ3v) is 4.14. The normalized spacial score (nSPS) is 11.5. The lowest BCUT2D eigenvalue weighted by atomic mass is 10.2. The van der Waals surface area contributed by atoms with Gasteiger partial charge in [-0.3, -0.25) is 9.52 Å². The topological polar surface area (TPSA) is 86.7 Å². The van der Waals surface area contributed by atoms with Crippen LogP contribution in [0.1, 0.15) is 11.1 Å². The molecule has 26 heavy (non-hydrogen) atoms. The SMILES string of the molecule is CS(=O)(=O)Nc1ccc(/C=C/C(=O)N(CCO)Cc2ccccc2)cc1. The lowest BCUT2D eigenvalue weighted by molar-refractivity contribution is -0.127. The van der Waals surface area contributed by atoms with Crippen LogP contribution >= 0.6 is 0 Å². The Hall–Kier alpha value is -2.64.